The van der Waals surface area contributed by atoms with Gasteiger partial charge in [0.15, 0.2) is 0 Å². The molecule has 12 heavy (non-hydrogen) atoms. The van der Waals surface area contributed by atoms with E-state index >= 15 is 0 Å². The molecule has 0 aliphatic rings. The molecule has 0 bridgehead atoms. The molecule has 0 fully saturated rings. The van der Waals surface area contributed by atoms with Gasteiger partial charge in [-0.2, -0.15) is 0 Å². The van der Waals surface area contributed by atoms with Gasteiger partial charge in [-0.25, -0.2) is 0 Å². The Morgan fingerprint density at radius 3 is 0.667 bits per heavy atom. The fourth-order valence-electron chi connectivity index (χ4n) is 0. The second-order valence-electron chi connectivity index (χ2n) is 0.513. The molecule has 12 heteroatoms. The Morgan fingerprint density at radius 2 is 0.667 bits per heavy atom. The van der Waals surface area contributed by atoms with E-state index in [-0.39, 0.29) is 50.6 Å². The molecule has 0 aliphatic carbocycles. The number of halogens is 6. The molecule has 0 aliphatic heterocycles. The molecule has 3 N–H and O–H groups in total. The van der Waals surface area contributed by atoms with E-state index in [9.17, 15) is 0 Å². The van der Waals surface area contributed by atoms with Crippen molar-refractivity contribution in [2.75, 3.05) is 0 Å². The first-order chi connectivity index (χ1) is 2.00. The monoisotopic (exact) mass is 415 g/mol. The van der Waals surface area contributed by atoms with Crippen LogP contribution in [0, 0.1) is 0 Å². The van der Waals surface area contributed by atoms with Crippen LogP contribution in [0.15, 0.2) is 0 Å². The molecule has 0 aromatic heterocycles. The molecule has 4 nitrogen and oxygen atoms in total. The van der Waals surface area contributed by atoms with Gasteiger partial charge in [-0.15, -0.1) is 0 Å². The zero-order valence-electron chi connectivity index (χ0n) is 4.95. The zero-order chi connectivity index (χ0) is 4.50. The Kier molecular flexibility index (Phi) is 191. The summed E-state index contributed by atoms with van der Waals surface area (Å²) in [6, 6.07) is 0. The average Bonchev–Trinajstić information content (AvgIpc) is 0.722. The van der Waals surface area contributed by atoms with Crippen molar-refractivity contribution in [3.63, 3.8) is 0 Å². The topological polar surface area (TPSA) is 77.8 Å². The Morgan fingerprint density at radius 1 is 0.667 bits per heavy atom. The van der Waals surface area contributed by atoms with Crippen LogP contribution in [0.2, 0.25) is 0 Å². The zero-order valence-corrected chi connectivity index (χ0v) is 8.98. The van der Waals surface area contributed by atoms with E-state index in [0.29, 0.717) is 0 Å². The number of rotatable bonds is 0. The van der Waals surface area contributed by atoms with Crippen LogP contribution in [0.5, 0.6) is 0 Å². The first kappa shape index (κ1) is 77.1. The Balaban J connectivity index is -0.00000000381. The van der Waals surface area contributed by atoms with E-state index < -0.39 is 20.1 Å². The van der Waals surface area contributed by atoms with Gasteiger partial charge < -0.3 is 0 Å². The fraction of sp³-hybridized carbons (Fsp3) is 0. The summed E-state index contributed by atoms with van der Waals surface area (Å²) in [5.41, 5.74) is 0. The molecule has 0 aromatic rings. The summed E-state index contributed by atoms with van der Waals surface area (Å²) < 4.78 is 30.8. The first-order valence-electron chi connectivity index (χ1n) is 0.783. The van der Waals surface area contributed by atoms with E-state index in [4.69, 9.17) is 13.2 Å². The second-order valence-corrected chi connectivity index (χ2v) is 3.44. The predicted octanol–water partition coefficient (Wildman–Crippen LogP) is -1.26. The molecule has 0 amide bonds. The van der Waals surface area contributed by atoms with Crippen LogP contribution < -0.4 is 0 Å². The third-order valence-electron chi connectivity index (χ3n) is 0. The van der Waals surface area contributed by atoms with Crippen LogP contribution in [-0.4, -0.2) is 30.2 Å². The van der Waals surface area contributed by atoms with Gasteiger partial charge in [0.05, 0.1) is 0 Å². The minimum atomic E-state index is -5.35. The maximum absolute atomic E-state index is 8.97. The van der Waals surface area contributed by atoms with E-state index in [1.807, 2.05) is 0 Å². The minimum absolute atomic E-state index is 0. The van der Waals surface area contributed by atoms with E-state index in [0.717, 1.165) is 0 Å². The van der Waals surface area contributed by atoms with Crippen molar-refractivity contribution in [2.45, 2.75) is 0 Å². The summed E-state index contributed by atoms with van der Waals surface area (Å²) in [5, 5.41) is 0. The van der Waals surface area contributed by atoms with Crippen LogP contribution in [0.3, 0.4) is 0 Å². The standard InChI is InChI=1S/Ag.6FH.3H2O.O.Sb/h;6*1H;3*1H2;;/q;;;;;;;;;;;+3/p-3. The number of hydrogen-bond donors (Lipinski definition) is 3. The molecule has 0 saturated carbocycles. The van der Waals surface area contributed by atoms with Crippen molar-refractivity contribution in [1.82, 2.24) is 0 Å². The van der Waals surface area contributed by atoms with Crippen molar-refractivity contribution >= 4 is 20.1 Å². The molecular formula is H9AgF6O4Sb. The third-order valence-corrected chi connectivity index (χ3v) is 0. The molecule has 0 rings (SSSR count). The third kappa shape index (κ3) is 1560. The van der Waals surface area contributed by atoms with Crippen molar-refractivity contribution in [3.8, 4) is 0 Å². The van der Waals surface area contributed by atoms with Gasteiger partial charge >= 0.3 is 33.2 Å². The van der Waals surface area contributed by atoms with Gasteiger partial charge in [0.25, 0.3) is 0 Å². The van der Waals surface area contributed by atoms with Crippen LogP contribution in [-0.2, 0) is 25.4 Å². The van der Waals surface area contributed by atoms with Gasteiger partial charge in [-0.05, 0) is 0 Å². The normalized spacial score (nSPS) is 4.92. The summed E-state index contributed by atoms with van der Waals surface area (Å²) in [6.07, 6.45) is 0. The molecule has 1 radical (unpaired) electrons. The van der Waals surface area contributed by atoms with Crippen LogP contribution in [0.1, 0.15) is 0 Å². The van der Waals surface area contributed by atoms with Crippen LogP contribution >= 0.6 is 0 Å². The quantitative estimate of drug-likeness (QED) is 0.340. The Hall–Kier alpha value is 0.818. The van der Waals surface area contributed by atoms with Gasteiger partial charge in [0, 0.05) is 22.4 Å². The summed E-state index contributed by atoms with van der Waals surface area (Å²) in [7, 11) is 0. The van der Waals surface area contributed by atoms with Gasteiger partial charge in [0.1, 0.15) is 0 Å². The molecule has 0 atom stereocenters. The van der Waals surface area contributed by atoms with E-state index in [1.165, 1.54) is 0 Å². The molecule has 0 unspecified atom stereocenters. The predicted molar refractivity (Wildman–Crippen MR) is 28.1 cm³/mol. The summed E-state index contributed by atoms with van der Waals surface area (Å²) in [4.78, 5) is 0. The Labute approximate surface area is 83.8 Å². The molecule has 0 aromatic carbocycles. The van der Waals surface area contributed by atoms with Crippen molar-refractivity contribution in [2.24, 2.45) is 0 Å². The summed E-state index contributed by atoms with van der Waals surface area (Å²) >= 11 is -5.35. The van der Waals surface area contributed by atoms with Gasteiger partial charge in [-0.3, -0.25) is 28.2 Å². The molecule has 0 heterocycles. The van der Waals surface area contributed by atoms with Crippen LogP contribution in [0.4, 0.5) is 28.2 Å². The van der Waals surface area contributed by atoms with Crippen molar-refractivity contribution in [1.29, 1.82) is 0 Å². The van der Waals surface area contributed by atoms with E-state index in [1.54, 1.807) is 0 Å². The second kappa shape index (κ2) is 29.8. The molecule has 0 saturated heterocycles. The molecule has 0 spiro atoms. The first-order valence-corrected chi connectivity index (χ1v) is 5.25. The maximum atomic E-state index is 8.97. The number of hydrogen-bond acceptors (Lipinski definition) is 1. The SMILES string of the molecule is F.F.F.F.F.F.[Ag].[O]=[Sb]([OH])([OH])[OH]. The van der Waals surface area contributed by atoms with Crippen molar-refractivity contribution in [3.05, 3.63) is 0 Å². The summed E-state index contributed by atoms with van der Waals surface area (Å²) in [6.45, 7) is 0. The molecule has 91 valence electrons. The Bertz CT molecular complexity index is 65.7. The van der Waals surface area contributed by atoms with Gasteiger partial charge in [-0.1, -0.05) is 0 Å². The van der Waals surface area contributed by atoms with Gasteiger partial charge in [0.2, 0.25) is 0 Å². The fourth-order valence-corrected chi connectivity index (χ4v) is 0. The van der Waals surface area contributed by atoms with E-state index in [2.05, 4.69) is 0 Å². The molecular weight excluding hydrogens is 408 g/mol. The van der Waals surface area contributed by atoms with Crippen LogP contribution in [0.25, 0.3) is 0 Å². The summed E-state index contributed by atoms with van der Waals surface area (Å²) in [5.74, 6) is 0. The average molecular weight is 417 g/mol. The van der Waals surface area contributed by atoms with Crippen molar-refractivity contribution < 1.29 is 63.8 Å².